The lowest BCUT2D eigenvalue weighted by atomic mass is 9.93. The predicted molar refractivity (Wildman–Crippen MR) is 104 cm³/mol. The molecule has 1 atom stereocenters. The van der Waals surface area contributed by atoms with Crippen molar-refractivity contribution in [1.29, 1.82) is 0 Å². The van der Waals surface area contributed by atoms with Gasteiger partial charge in [0.15, 0.2) is 6.30 Å². The van der Waals surface area contributed by atoms with Crippen LogP contribution in [-0.4, -0.2) is 34.1 Å². The minimum atomic E-state index is -1.61. The van der Waals surface area contributed by atoms with Gasteiger partial charge in [-0.1, -0.05) is 6.07 Å². The van der Waals surface area contributed by atoms with E-state index in [4.69, 9.17) is 4.74 Å². The Labute approximate surface area is 162 Å². The molecule has 0 bridgehead atoms. The molecule has 1 saturated heterocycles. The highest BCUT2D eigenvalue weighted by Gasteiger charge is 2.22. The van der Waals surface area contributed by atoms with E-state index in [0.717, 1.165) is 42.5 Å². The summed E-state index contributed by atoms with van der Waals surface area (Å²) in [6.45, 7) is 5.29. The second-order valence-corrected chi connectivity index (χ2v) is 7.21. The van der Waals surface area contributed by atoms with E-state index in [2.05, 4.69) is 27.2 Å². The molecule has 1 amide bonds. The number of halogens is 1. The van der Waals surface area contributed by atoms with Gasteiger partial charge in [-0.15, -0.1) is 0 Å². The first kappa shape index (κ1) is 18.6. The van der Waals surface area contributed by atoms with Crippen LogP contribution >= 0.6 is 0 Å². The molecule has 6 nitrogen and oxygen atoms in total. The summed E-state index contributed by atoms with van der Waals surface area (Å²) in [5, 5.41) is 3.38. The Hall–Kier alpha value is -2.80. The summed E-state index contributed by atoms with van der Waals surface area (Å²) < 4.78 is 20.3. The van der Waals surface area contributed by atoms with E-state index >= 15 is 0 Å². The number of nitrogens with zero attached hydrogens (tertiary/aromatic N) is 2. The monoisotopic (exact) mass is 382 g/mol. The third-order valence-electron chi connectivity index (χ3n) is 5.46. The highest BCUT2D eigenvalue weighted by atomic mass is 19.1. The first-order valence-corrected chi connectivity index (χ1v) is 9.46. The van der Waals surface area contributed by atoms with Crippen LogP contribution in [0.25, 0.3) is 10.9 Å². The zero-order valence-corrected chi connectivity index (χ0v) is 16.0. The number of aromatic nitrogens is 3. The molecule has 28 heavy (non-hydrogen) atoms. The van der Waals surface area contributed by atoms with Gasteiger partial charge in [0.1, 0.15) is 6.33 Å². The summed E-state index contributed by atoms with van der Waals surface area (Å²) in [4.78, 5) is 23.6. The molecule has 0 radical (unpaired) electrons. The second kappa shape index (κ2) is 7.67. The van der Waals surface area contributed by atoms with Crippen molar-refractivity contribution in [3.05, 3.63) is 58.8 Å². The number of carbonyl (C=O) groups excluding carboxylic acids is 1. The Balaban J connectivity index is 1.57. The predicted octanol–water partition coefficient (Wildman–Crippen LogP) is 3.87. The van der Waals surface area contributed by atoms with E-state index in [9.17, 15) is 9.18 Å². The van der Waals surface area contributed by atoms with Crippen molar-refractivity contribution in [2.24, 2.45) is 0 Å². The molecule has 0 aliphatic carbocycles. The number of rotatable bonds is 4. The number of hydrogen-bond donors (Lipinski definition) is 2. The molecule has 1 fully saturated rings. The highest BCUT2D eigenvalue weighted by molar-refractivity contribution is 5.95. The van der Waals surface area contributed by atoms with Crippen LogP contribution in [0.3, 0.4) is 0 Å². The second-order valence-electron chi connectivity index (χ2n) is 7.21. The molecule has 2 N–H and O–H groups in total. The van der Waals surface area contributed by atoms with Gasteiger partial charge in [0.25, 0.3) is 5.91 Å². The van der Waals surface area contributed by atoms with Crippen LogP contribution in [-0.2, 0) is 4.74 Å². The number of amides is 1. The topological polar surface area (TPSA) is 79.9 Å². The molecule has 1 aliphatic heterocycles. The van der Waals surface area contributed by atoms with Crippen molar-refractivity contribution in [2.45, 2.75) is 38.9 Å². The molecular formula is C21H23FN4O2. The number of fused-ring (bicyclic) bond motifs is 1. The Morgan fingerprint density at radius 2 is 2.11 bits per heavy atom. The van der Waals surface area contributed by atoms with Gasteiger partial charge in [-0.25, -0.2) is 14.4 Å². The smallest absolute Gasteiger partial charge is 0.257 e. The van der Waals surface area contributed by atoms with E-state index < -0.39 is 12.2 Å². The lowest BCUT2D eigenvalue weighted by molar-refractivity contribution is 0.0845. The lowest BCUT2D eigenvalue weighted by Gasteiger charge is -2.21. The van der Waals surface area contributed by atoms with Crippen molar-refractivity contribution >= 4 is 16.8 Å². The maximum atomic E-state index is 14.8. The van der Waals surface area contributed by atoms with E-state index in [0.29, 0.717) is 17.2 Å². The maximum absolute atomic E-state index is 14.8. The number of benzene rings is 1. The number of aromatic amines is 1. The molecule has 3 heterocycles. The van der Waals surface area contributed by atoms with Crippen LogP contribution in [0.5, 0.6) is 0 Å². The fourth-order valence-electron chi connectivity index (χ4n) is 3.81. The summed E-state index contributed by atoms with van der Waals surface area (Å²) in [6, 6.07) is 5.38. The van der Waals surface area contributed by atoms with Gasteiger partial charge < -0.3 is 15.0 Å². The van der Waals surface area contributed by atoms with Crippen molar-refractivity contribution in [2.75, 3.05) is 13.2 Å². The fourth-order valence-corrected chi connectivity index (χ4v) is 3.81. The zero-order valence-electron chi connectivity index (χ0n) is 16.0. The van der Waals surface area contributed by atoms with Gasteiger partial charge in [-0.3, -0.25) is 4.79 Å². The van der Waals surface area contributed by atoms with Crippen LogP contribution < -0.4 is 5.32 Å². The van der Waals surface area contributed by atoms with E-state index in [1.807, 2.05) is 12.1 Å². The van der Waals surface area contributed by atoms with Gasteiger partial charge in [0, 0.05) is 47.5 Å². The normalized spacial score (nSPS) is 16.2. The summed E-state index contributed by atoms with van der Waals surface area (Å²) >= 11 is 0. The molecule has 1 aromatic carbocycles. The minimum absolute atomic E-state index is 0.269. The maximum Gasteiger partial charge on any atom is 0.257 e. The molecule has 2 aromatic heterocycles. The Kier molecular flexibility index (Phi) is 5.09. The van der Waals surface area contributed by atoms with Gasteiger partial charge in [0.05, 0.1) is 11.3 Å². The third-order valence-corrected chi connectivity index (χ3v) is 5.46. The van der Waals surface area contributed by atoms with E-state index in [1.165, 1.54) is 18.2 Å². The number of aryl methyl sites for hydroxylation is 2. The van der Waals surface area contributed by atoms with Gasteiger partial charge in [-0.2, -0.15) is 0 Å². The van der Waals surface area contributed by atoms with Crippen molar-refractivity contribution < 1.29 is 13.9 Å². The van der Waals surface area contributed by atoms with Crippen LogP contribution in [0.15, 0.2) is 30.7 Å². The molecule has 0 saturated carbocycles. The first-order valence-electron chi connectivity index (χ1n) is 9.46. The van der Waals surface area contributed by atoms with Crippen molar-refractivity contribution in [3.63, 3.8) is 0 Å². The fraction of sp³-hybridized carbons (Fsp3) is 0.381. The van der Waals surface area contributed by atoms with Crippen LogP contribution in [0.1, 0.15) is 57.9 Å². The molecule has 1 aliphatic rings. The van der Waals surface area contributed by atoms with Crippen LogP contribution in [0.4, 0.5) is 4.39 Å². The number of nitrogens with one attached hydrogen (secondary N) is 2. The number of ether oxygens (including phenoxy) is 1. The lowest BCUT2D eigenvalue weighted by Crippen LogP contribution is -2.27. The molecule has 1 unspecified atom stereocenters. The first-order chi connectivity index (χ1) is 13.5. The Bertz CT molecular complexity index is 1010. The van der Waals surface area contributed by atoms with Crippen molar-refractivity contribution in [3.8, 4) is 0 Å². The van der Waals surface area contributed by atoms with Gasteiger partial charge in [0.2, 0.25) is 0 Å². The van der Waals surface area contributed by atoms with Crippen molar-refractivity contribution in [1.82, 2.24) is 20.3 Å². The van der Waals surface area contributed by atoms with E-state index in [1.54, 1.807) is 13.0 Å². The Morgan fingerprint density at radius 1 is 1.32 bits per heavy atom. The largest absolute Gasteiger partial charge is 0.381 e. The molecule has 4 rings (SSSR count). The number of alkyl halides is 1. The number of H-pyrrole nitrogens is 1. The average Bonchev–Trinajstić information content (AvgIpc) is 3.05. The Morgan fingerprint density at radius 3 is 2.86 bits per heavy atom. The molecule has 0 spiro atoms. The summed E-state index contributed by atoms with van der Waals surface area (Å²) in [6.07, 6.45) is 3.11. The van der Waals surface area contributed by atoms with Gasteiger partial charge >= 0.3 is 0 Å². The standard InChI is InChI=1S/C21H23FN4O2/c1-12-16-9-15(20(22)26-21(27)17-10-23-11-24-13(17)2)3-4-18(16)25-19(12)14-5-7-28-8-6-14/h3-4,9-11,14,20,25H,5-8H2,1-2H3,(H,26,27). The summed E-state index contributed by atoms with van der Waals surface area (Å²) in [5.74, 6) is -0.0917. The summed E-state index contributed by atoms with van der Waals surface area (Å²) in [5.41, 5.74) is 4.51. The number of hydrogen-bond acceptors (Lipinski definition) is 4. The summed E-state index contributed by atoms with van der Waals surface area (Å²) in [7, 11) is 0. The van der Waals surface area contributed by atoms with E-state index in [-0.39, 0.29) is 5.56 Å². The quantitative estimate of drug-likeness (QED) is 0.672. The zero-order chi connectivity index (χ0) is 19.7. The molecular weight excluding hydrogens is 359 g/mol. The number of carbonyl (C=O) groups is 1. The van der Waals surface area contributed by atoms with Gasteiger partial charge in [-0.05, 0) is 44.4 Å². The SMILES string of the molecule is Cc1ncncc1C(=O)NC(F)c1ccc2[nH]c(C3CCOCC3)c(C)c2c1. The molecule has 3 aromatic rings. The average molecular weight is 382 g/mol. The molecule has 146 valence electrons. The highest BCUT2D eigenvalue weighted by Crippen LogP contribution is 2.34. The molecule has 7 heteroatoms. The minimum Gasteiger partial charge on any atom is -0.381 e. The van der Waals surface area contributed by atoms with Crippen LogP contribution in [0, 0.1) is 13.8 Å². The third kappa shape index (κ3) is 3.49. The van der Waals surface area contributed by atoms with Crippen LogP contribution in [0.2, 0.25) is 0 Å².